The summed E-state index contributed by atoms with van der Waals surface area (Å²) in [6.45, 7) is 2.64. The summed E-state index contributed by atoms with van der Waals surface area (Å²) in [5, 5.41) is 14.6. The van der Waals surface area contributed by atoms with E-state index in [1.165, 1.54) is 11.3 Å². The van der Waals surface area contributed by atoms with Crippen LogP contribution < -0.4 is 11.1 Å². The van der Waals surface area contributed by atoms with Crippen LogP contribution in [0.1, 0.15) is 10.8 Å². The summed E-state index contributed by atoms with van der Waals surface area (Å²) < 4.78 is 1.09. The molecule has 3 aromatic heterocycles. The Balaban J connectivity index is 1.73. The molecule has 0 radical (unpaired) electrons. The van der Waals surface area contributed by atoms with Crippen molar-refractivity contribution in [2.24, 2.45) is 0 Å². The SMILES string of the molecule is Cc1nc(NCCc2nnc(N)s2)c2sccc2n1. The molecule has 3 aromatic rings. The molecular weight excluding hydrogens is 280 g/mol. The molecule has 0 aliphatic heterocycles. The number of thiophene rings is 1. The van der Waals surface area contributed by atoms with Crippen molar-refractivity contribution in [2.45, 2.75) is 13.3 Å². The lowest BCUT2D eigenvalue weighted by atomic mass is 10.4. The lowest BCUT2D eigenvalue weighted by Crippen LogP contribution is -2.07. The highest BCUT2D eigenvalue weighted by Gasteiger charge is 2.07. The van der Waals surface area contributed by atoms with Gasteiger partial charge < -0.3 is 11.1 Å². The third kappa shape index (κ3) is 2.64. The molecular formula is C11H12N6S2. The van der Waals surface area contributed by atoms with Crippen LogP contribution in [0.4, 0.5) is 10.9 Å². The third-order valence-corrected chi connectivity index (χ3v) is 4.25. The van der Waals surface area contributed by atoms with Crippen molar-refractivity contribution < 1.29 is 0 Å². The minimum Gasteiger partial charge on any atom is -0.374 e. The molecule has 0 saturated carbocycles. The number of nitrogens with two attached hydrogens (primary N) is 1. The van der Waals surface area contributed by atoms with Gasteiger partial charge in [0.2, 0.25) is 5.13 Å². The number of aryl methyl sites for hydroxylation is 1. The number of fused-ring (bicyclic) bond motifs is 1. The second-order valence-corrected chi connectivity index (χ2v) is 5.97. The molecule has 3 N–H and O–H groups in total. The van der Waals surface area contributed by atoms with E-state index in [9.17, 15) is 0 Å². The smallest absolute Gasteiger partial charge is 0.203 e. The largest absolute Gasteiger partial charge is 0.374 e. The highest BCUT2D eigenvalue weighted by atomic mass is 32.1. The normalized spacial score (nSPS) is 11.0. The molecule has 0 bridgehead atoms. The van der Waals surface area contributed by atoms with Crippen LogP contribution in [0.5, 0.6) is 0 Å². The first-order valence-corrected chi connectivity index (χ1v) is 7.45. The number of aromatic nitrogens is 4. The Morgan fingerprint density at radius 1 is 1.32 bits per heavy atom. The molecule has 3 heterocycles. The number of hydrogen-bond donors (Lipinski definition) is 2. The molecule has 0 saturated heterocycles. The van der Waals surface area contributed by atoms with Gasteiger partial charge in [0.05, 0.1) is 10.2 Å². The molecule has 8 heteroatoms. The van der Waals surface area contributed by atoms with Crippen LogP contribution in [-0.2, 0) is 6.42 Å². The van der Waals surface area contributed by atoms with Gasteiger partial charge in [-0.2, -0.15) is 0 Å². The first-order chi connectivity index (χ1) is 9.22. The number of hydrogen-bond acceptors (Lipinski definition) is 8. The molecule has 3 rings (SSSR count). The Kier molecular flexibility index (Phi) is 3.26. The van der Waals surface area contributed by atoms with Crippen LogP contribution in [-0.4, -0.2) is 26.7 Å². The molecule has 0 spiro atoms. The van der Waals surface area contributed by atoms with E-state index in [0.29, 0.717) is 5.13 Å². The van der Waals surface area contributed by atoms with Gasteiger partial charge in [0, 0.05) is 13.0 Å². The number of nitrogens with one attached hydrogen (secondary N) is 1. The van der Waals surface area contributed by atoms with Crippen LogP contribution in [0.2, 0.25) is 0 Å². The molecule has 0 unspecified atom stereocenters. The molecule has 0 amide bonds. The van der Waals surface area contributed by atoms with Gasteiger partial charge in [-0.05, 0) is 18.4 Å². The fraction of sp³-hybridized carbons (Fsp3) is 0.273. The minimum atomic E-state index is 0.508. The van der Waals surface area contributed by atoms with Crippen molar-refractivity contribution >= 4 is 43.8 Å². The van der Waals surface area contributed by atoms with E-state index in [2.05, 4.69) is 25.5 Å². The Bertz CT molecular complexity index is 704. The number of nitrogens with zero attached hydrogens (tertiary/aromatic N) is 4. The van der Waals surface area contributed by atoms with Crippen molar-refractivity contribution in [1.82, 2.24) is 20.2 Å². The first-order valence-electron chi connectivity index (χ1n) is 5.76. The van der Waals surface area contributed by atoms with Crippen LogP contribution in [0.25, 0.3) is 10.2 Å². The highest BCUT2D eigenvalue weighted by Crippen LogP contribution is 2.25. The standard InChI is InChI=1S/C11H12N6S2/c1-6-14-7-3-5-18-9(7)10(15-6)13-4-2-8-16-17-11(12)19-8/h3,5H,2,4H2,1H3,(H2,12,17)(H,13,14,15). The summed E-state index contributed by atoms with van der Waals surface area (Å²) in [5.41, 5.74) is 6.53. The zero-order valence-corrected chi connectivity index (χ0v) is 11.9. The summed E-state index contributed by atoms with van der Waals surface area (Å²) in [7, 11) is 0. The zero-order valence-electron chi connectivity index (χ0n) is 10.3. The lowest BCUT2D eigenvalue weighted by Gasteiger charge is -2.05. The van der Waals surface area contributed by atoms with Crippen LogP contribution >= 0.6 is 22.7 Å². The summed E-state index contributed by atoms with van der Waals surface area (Å²) >= 11 is 3.06. The topological polar surface area (TPSA) is 89.6 Å². The van der Waals surface area contributed by atoms with E-state index >= 15 is 0 Å². The number of rotatable bonds is 4. The van der Waals surface area contributed by atoms with Crippen LogP contribution in [0.15, 0.2) is 11.4 Å². The van der Waals surface area contributed by atoms with E-state index < -0.39 is 0 Å². The number of nitrogen functional groups attached to an aromatic ring is 1. The third-order valence-electron chi connectivity index (χ3n) is 2.53. The molecule has 98 valence electrons. The zero-order chi connectivity index (χ0) is 13.2. The van der Waals surface area contributed by atoms with E-state index in [0.717, 1.165) is 39.8 Å². The molecule has 0 aliphatic carbocycles. The maximum Gasteiger partial charge on any atom is 0.203 e. The van der Waals surface area contributed by atoms with E-state index in [1.807, 2.05) is 18.4 Å². The summed E-state index contributed by atoms with van der Waals surface area (Å²) in [5.74, 6) is 1.66. The predicted molar refractivity (Wildman–Crippen MR) is 78.7 cm³/mol. The quantitative estimate of drug-likeness (QED) is 0.765. The Labute approximate surface area is 117 Å². The first kappa shape index (κ1) is 12.2. The van der Waals surface area contributed by atoms with Crippen LogP contribution in [0, 0.1) is 6.92 Å². The van der Waals surface area contributed by atoms with Gasteiger partial charge in [-0.1, -0.05) is 11.3 Å². The van der Waals surface area contributed by atoms with Crippen molar-refractivity contribution in [3.63, 3.8) is 0 Å². The average molecular weight is 292 g/mol. The Hall–Kier alpha value is -1.80. The summed E-state index contributed by atoms with van der Waals surface area (Å²) in [6.07, 6.45) is 0.783. The fourth-order valence-electron chi connectivity index (χ4n) is 1.75. The van der Waals surface area contributed by atoms with E-state index in [-0.39, 0.29) is 0 Å². The van der Waals surface area contributed by atoms with Gasteiger partial charge >= 0.3 is 0 Å². The number of anilines is 2. The second-order valence-electron chi connectivity index (χ2n) is 3.97. The molecule has 19 heavy (non-hydrogen) atoms. The summed E-state index contributed by atoms with van der Waals surface area (Å²) in [4.78, 5) is 8.83. The fourth-order valence-corrected chi connectivity index (χ4v) is 3.16. The van der Waals surface area contributed by atoms with Gasteiger partial charge in [0.15, 0.2) is 0 Å². The maximum atomic E-state index is 5.55. The molecule has 0 aliphatic rings. The van der Waals surface area contributed by atoms with Gasteiger partial charge in [0.1, 0.15) is 16.6 Å². The monoisotopic (exact) mass is 292 g/mol. The second kappa shape index (κ2) is 5.06. The van der Waals surface area contributed by atoms with Gasteiger partial charge in [-0.15, -0.1) is 21.5 Å². The van der Waals surface area contributed by atoms with Crippen molar-refractivity contribution in [1.29, 1.82) is 0 Å². The molecule has 0 aromatic carbocycles. The van der Waals surface area contributed by atoms with E-state index in [4.69, 9.17) is 5.73 Å². The average Bonchev–Trinajstić information content (AvgIpc) is 2.98. The maximum absolute atomic E-state index is 5.55. The molecule has 0 fully saturated rings. The Morgan fingerprint density at radius 2 is 2.21 bits per heavy atom. The van der Waals surface area contributed by atoms with Crippen molar-refractivity contribution in [2.75, 3.05) is 17.6 Å². The van der Waals surface area contributed by atoms with Crippen LogP contribution in [0.3, 0.4) is 0 Å². The highest BCUT2D eigenvalue weighted by molar-refractivity contribution is 7.17. The Morgan fingerprint density at radius 3 is 3.00 bits per heavy atom. The van der Waals surface area contributed by atoms with Gasteiger partial charge in [-0.3, -0.25) is 0 Å². The summed E-state index contributed by atoms with van der Waals surface area (Å²) in [6, 6.07) is 2.01. The molecule has 6 nitrogen and oxygen atoms in total. The van der Waals surface area contributed by atoms with Crippen molar-refractivity contribution in [3.8, 4) is 0 Å². The van der Waals surface area contributed by atoms with E-state index in [1.54, 1.807) is 11.3 Å². The molecule has 0 atom stereocenters. The lowest BCUT2D eigenvalue weighted by molar-refractivity contribution is 0.936. The predicted octanol–water partition coefficient (Wildman–Crippen LogP) is 2.09. The van der Waals surface area contributed by atoms with Gasteiger partial charge in [0.25, 0.3) is 0 Å². The minimum absolute atomic E-state index is 0.508. The van der Waals surface area contributed by atoms with Crippen molar-refractivity contribution in [3.05, 3.63) is 22.3 Å². The van der Waals surface area contributed by atoms with Gasteiger partial charge in [-0.25, -0.2) is 9.97 Å².